The highest BCUT2D eigenvalue weighted by molar-refractivity contribution is 8.18. The molecule has 1 heterocycles. The van der Waals surface area contributed by atoms with Gasteiger partial charge in [-0.3, -0.25) is 19.3 Å². The van der Waals surface area contributed by atoms with E-state index in [0.717, 1.165) is 27.8 Å². The molecular weight excluding hydrogens is 416 g/mol. The molecule has 0 aliphatic carbocycles. The molecule has 8 heteroatoms. The molecule has 1 aliphatic rings. The number of aryl methyl sites for hydroxylation is 2. The van der Waals surface area contributed by atoms with E-state index in [1.54, 1.807) is 24.3 Å². The SMILES string of the molecule is CCOc1ccc(/C=C2/SC(=O)N(CC(=O)Nc3cc(C)ccc3C)C2=O)cc1OC. The molecule has 1 saturated heterocycles. The van der Waals surface area contributed by atoms with E-state index in [0.29, 0.717) is 29.4 Å². The number of hydrogen-bond donors (Lipinski definition) is 1. The molecular formula is C23H24N2O5S. The molecule has 7 nitrogen and oxygen atoms in total. The molecule has 0 radical (unpaired) electrons. The van der Waals surface area contributed by atoms with Crippen LogP contribution in [-0.2, 0) is 9.59 Å². The second-order valence-corrected chi connectivity index (χ2v) is 7.97. The fraction of sp³-hybridized carbons (Fsp3) is 0.261. The first-order chi connectivity index (χ1) is 14.8. The zero-order valence-electron chi connectivity index (χ0n) is 17.9. The van der Waals surface area contributed by atoms with Crippen LogP contribution in [0.2, 0.25) is 0 Å². The van der Waals surface area contributed by atoms with Crippen LogP contribution in [-0.4, -0.2) is 42.2 Å². The number of benzene rings is 2. The Labute approximate surface area is 185 Å². The summed E-state index contributed by atoms with van der Waals surface area (Å²) in [6.45, 7) is 5.83. The Morgan fingerprint density at radius 2 is 1.90 bits per heavy atom. The van der Waals surface area contributed by atoms with Gasteiger partial charge < -0.3 is 14.8 Å². The van der Waals surface area contributed by atoms with Crippen molar-refractivity contribution in [3.05, 3.63) is 58.0 Å². The quantitative estimate of drug-likeness (QED) is 0.643. The number of thioether (sulfide) groups is 1. The summed E-state index contributed by atoms with van der Waals surface area (Å²) in [5.41, 5.74) is 3.25. The predicted octanol–water partition coefficient (Wildman–Crippen LogP) is 4.39. The van der Waals surface area contributed by atoms with Gasteiger partial charge in [-0.15, -0.1) is 0 Å². The van der Waals surface area contributed by atoms with Gasteiger partial charge in [-0.25, -0.2) is 0 Å². The van der Waals surface area contributed by atoms with Gasteiger partial charge in [0.15, 0.2) is 11.5 Å². The van der Waals surface area contributed by atoms with Crippen LogP contribution < -0.4 is 14.8 Å². The molecule has 0 aromatic heterocycles. The van der Waals surface area contributed by atoms with E-state index in [1.165, 1.54) is 7.11 Å². The van der Waals surface area contributed by atoms with Gasteiger partial charge in [0, 0.05) is 5.69 Å². The lowest BCUT2D eigenvalue weighted by molar-refractivity contribution is -0.127. The lowest BCUT2D eigenvalue weighted by atomic mass is 10.1. The van der Waals surface area contributed by atoms with Crippen LogP contribution in [0.1, 0.15) is 23.6 Å². The van der Waals surface area contributed by atoms with Gasteiger partial charge in [-0.1, -0.05) is 18.2 Å². The van der Waals surface area contributed by atoms with Crippen molar-refractivity contribution in [2.24, 2.45) is 0 Å². The molecule has 2 aromatic rings. The smallest absolute Gasteiger partial charge is 0.294 e. The van der Waals surface area contributed by atoms with Crippen molar-refractivity contribution in [3.8, 4) is 11.5 Å². The normalized spacial score (nSPS) is 14.8. The maximum absolute atomic E-state index is 12.7. The van der Waals surface area contributed by atoms with Crippen molar-refractivity contribution < 1.29 is 23.9 Å². The number of ether oxygens (including phenoxy) is 2. The summed E-state index contributed by atoms with van der Waals surface area (Å²) in [6.07, 6.45) is 1.60. The Kier molecular flexibility index (Phi) is 7.02. The van der Waals surface area contributed by atoms with Crippen molar-refractivity contribution in [1.82, 2.24) is 4.90 Å². The Morgan fingerprint density at radius 3 is 2.61 bits per heavy atom. The molecule has 1 aliphatic heterocycles. The minimum absolute atomic E-state index is 0.246. The summed E-state index contributed by atoms with van der Waals surface area (Å²) in [5.74, 6) is 0.194. The average molecular weight is 441 g/mol. The summed E-state index contributed by atoms with van der Waals surface area (Å²) >= 11 is 0.805. The summed E-state index contributed by atoms with van der Waals surface area (Å²) in [4.78, 5) is 38.7. The number of imide groups is 1. The van der Waals surface area contributed by atoms with Crippen molar-refractivity contribution in [3.63, 3.8) is 0 Å². The monoisotopic (exact) mass is 440 g/mol. The third-order valence-corrected chi connectivity index (χ3v) is 5.54. The minimum atomic E-state index is -0.501. The van der Waals surface area contributed by atoms with Crippen LogP contribution in [0.25, 0.3) is 6.08 Å². The van der Waals surface area contributed by atoms with E-state index in [-0.39, 0.29) is 11.4 Å². The molecule has 0 saturated carbocycles. The maximum Gasteiger partial charge on any atom is 0.294 e. The van der Waals surface area contributed by atoms with Crippen LogP contribution >= 0.6 is 11.8 Å². The van der Waals surface area contributed by atoms with E-state index in [2.05, 4.69) is 5.32 Å². The van der Waals surface area contributed by atoms with Crippen LogP contribution in [0, 0.1) is 13.8 Å². The Hall–Kier alpha value is -3.26. The molecule has 0 spiro atoms. The summed E-state index contributed by atoms with van der Waals surface area (Å²) in [6, 6.07) is 10.9. The maximum atomic E-state index is 12.7. The number of nitrogens with zero attached hydrogens (tertiary/aromatic N) is 1. The molecule has 0 bridgehead atoms. The fourth-order valence-electron chi connectivity index (χ4n) is 3.04. The van der Waals surface area contributed by atoms with Gasteiger partial charge in [-0.05, 0) is 73.5 Å². The topological polar surface area (TPSA) is 84.9 Å². The van der Waals surface area contributed by atoms with Crippen molar-refractivity contribution in [2.75, 3.05) is 25.6 Å². The molecule has 0 unspecified atom stereocenters. The van der Waals surface area contributed by atoms with Crippen LogP contribution in [0.15, 0.2) is 41.3 Å². The van der Waals surface area contributed by atoms with Crippen molar-refractivity contribution in [2.45, 2.75) is 20.8 Å². The van der Waals surface area contributed by atoms with Crippen LogP contribution in [0.4, 0.5) is 10.5 Å². The van der Waals surface area contributed by atoms with Crippen LogP contribution in [0.5, 0.6) is 11.5 Å². The Bertz CT molecular complexity index is 1060. The Morgan fingerprint density at radius 1 is 1.13 bits per heavy atom. The van der Waals surface area contributed by atoms with Gasteiger partial charge in [0.05, 0.1) is 18.6 Å². The van der Waals surface area contributed by atoms with Crippen LogP contribution in [0.3, 0.4) is 0 Å². The first-order valence-electron chi connectivity index (χ1n) is 9.75. The number of carbonyl (C=O) groups excluding carboxylic acids is 3. The average Bonchev–Trinajstić information content (AvgIpc) is 2.99. The number of hydrogen-bond acceptors (Lipinski definition) is 6. The molecule has 31 heavy (non-hydrogen) atoms. The van der Waals surface area contributed by atoms with Gasteiger partial charge in [0.25, 0.3) is 11.1 Å². The first kappa shape index (κ1) is 22.4. The van der Waals surface area contributed by atoms with Gasteiger partial charge >= 0.3 is 0 Å². The highest BCUT2D eigenvalue weighted by Crippen LogP contribution is 2.34. The summed E-state index contributed by atoms with van der Waals surface area (Å²) < 4.78 is 10.8. The first-order valence-corrected chi connectivity index (χ1v) is 10.6. The van der Waals surface area contributed by atoms with Gasteiger partial charge in [0.2, 0.25) is 5.91 Å². The zero-order valence-corrected chi connectivity index (χ0v) is 18.7. The third-order valence-electron chi connectivity index (χ3n) is 4.63. The van der Waals surface area contributed by atoms with E-state index in [4.69, 9.17) is 9.47 Å². The van der Waals surface area contributed by atoms with E-state index in [9.17, 15) is 14.4 Å². The largest absolute Gasteiger partial charge is 0.493 e. The molecule has 3 rings (SSSR count). The fourth-order valence-corrected chi connectivity index (χ4v) is 3.88. The number of carbonyl (C=O) groups is 3. The van der Waals surface area contributed by atoms with E-state index in [1.807, 2.05) is 39.0 Å². The van der Waals surface area contributed by atoms with E-state index >= 15 is 0 Å². The summed E-state index contributed by atoms with van der Waals surface area (Å²) in [7, 11) is 1.53. The summed E-state index contributed by atoms with van der Waals surface area (Å²) in [5, 5.41) is 2.29. The standard InChI is InChI=1S/C23H24N2O5S/c1-5-30-18-9-8-16(11-19(18)29-4)12-20-22(27)25(23(28)31-20)13-21(26)24-17-10-14(2)6-7-15(17)3/h6-12H,5,13H2,1-4H3,(H,24,26)/b20-12+. The lowest BCUT2D eigenvalue weighted by Crippen LogP contribution is -2.36. The lowest BCUT2D eigenvalue weighted by Gasteiger charge is -2.14. The van der Waals surface area contributed by atoms with Gasteiger partial charge in [-0.2, -0.15) is 0 Å². The second-order valence-electron chi connectivity index (χ2n) is 6.98. The van der Waals surface area contributed by atoms with Crippen molar-refractivity contribution in [1.29, 1.82) is 0 Å². The number of nitrogens with one attached hydrogen (secondary N) is 1. The zero-order chi connectivity index (χ0) is 22.5. The molecule has 0 atom stereocenters. The number of anilines is 1. The minimum Gasteiger partial charge on any atom is -0.493 e. The molecule has 2 aromatic carbocycles. The number of methoxy groups -OCH3 is 1. The van der Waals surface area contributed by atoms with Gasteiger partial charge in [0.1, 0.15) is 6.54 Å². The predicted molar refractivity (Wildman–Crippen MR) is 121 cm³/mol. The molecule has 1 N–H and O–H groups in total. The Balaban J connectivity index is 1.73. The van der Waals surface area contributed by atoms with Crippen molar-refractivity contribution >= 4 is 40.6 Å². The number of rotatable bonds is 7. The molecule has 3 amide bonds. The second kappa shape index (κ2) is 9.70. The molecule has 1 fully saturated rings. The molecule has 162 valence electrons. The third kappa shape index (κ3) is 5.27. The number of amides is 3. The van der Waals surface area contributed by atoms with E-state index < -0.39 is 17.1 Å². The highest BCUT2D eigenvalue weighted by atomic mass is 32.2. The highest BCUT2D eigenvalue weighted by Gasteiger charge is 2.36.